The highest BCUT2D eigenvalue weighted by molar-refractivity contribution is 7.80. The maximum Gasteiger partial charge on any atom is 0.303 e. The van der Waals surface area contributed by atoms with Crippen molar-refractivity contribution in [3.8, 4) is 0 Å². The minimum Gasteiger partial charge on any atom is -0.481 e. The zero-order chi connectivity index (χ0) is 32.8. The summed E-state index contributed by atoms with van der Waals surface area (Å²) < 4.78 is 0. The Bertz CT molecular complexity index is 1570. The van der Waals surface area contributed by atoms with E-state index in [0.29, 0.717) is 37.0 Å². The highest BCUT2D eigenvalue weighted by Gasteiger charge is 2.61. The molecule has 2 fully saturated rings. The maximum atomic E-state index is 12.6. The number of thiol groups is 1. The summed E-state index contributed by atoms with van der Waals surface area (Å²) in [4.78, 5) is 51.9. The van der Waals surface area contributed by atoms with Gasteiger partial charge in [0.05, 0.1) is 11.7 Å². The van der Waals surface area contributed by atoms with Crippen LogP contribution < -0.4 is 21.3 Å². The van der Waals surface area contributed by atoms with E-state index in [2.05, 4.69) is 52.4 Å². The molecule has 1 spiro atoms. The quantitative estimate of drug-likeness (QED) is 0.120. The molecule has 0 aliphatic carbocycles. The fourth-order valence-electron chi connectivity index (χ4n) is 7.37. The van der Waals surface area contributed by atoms with E-state index in [9.17, 15) is 29.4 Å². The van der Waals surface area contributed by atoms with Crippen molar-refractivity contribution >= 4 is 36.4 Å². The number of hydrogen-bond donors (Lipinski definition) is 8. The van der Waals surface area contributed by atoms with Crippen LogP contribution in [-0.4, -0.2) is 56.4 Å². The van der Waals surface area contributed by atoms with E-state index in [0.717, 1.165) is 57.2 Å². The van der Waals surface area contributed by atoms with Crippen molar-refractivity contribution < 1.29 is 29.4 Å². The van der Waals surface area contributed by atoms with Gasteiger partial charge < -0.3 is 36.5 Å². The van der Waals surface area contributed by atoms with Gasteiger partial charge in [0.1, 0.15) is 0 Å². The molecule has 0 bridgehead atoms. The maximum absolute atomic E-state index is 12.6. The molecule has 4 aliphatic heterocycles. The number of rotatable bonds is 13. The fourth-order valence-corrected chi connectivity index (χ4v) is 7.65. The van der Waals surface area contributed by atoms with Crippen LogP contribution in [0.3, 0.4) is 0 Å². The topological polar surface area (TPSA) is 183 Å². The molecule has 0 radical (unpaired) electrons. The average Bonchev–Trinajstić information content (AvgIpc) is 3.27. The molecule has 11 nitrogen and oxygen atoms in total. The molecule has 5 atom stereocenters. The van der Waals surface area contributed by atoms with Crippen molar-refractivity contribution in [1.29, 1.82) is 0 Å². The summed E-state index contributed by atoms with van der Waals surface area (Å²) in [5.74, 6) is -1.54. The fraction of sp³-hybridized carbons (Fsp3) is 0.515. The van der Waals surface area contributed by atoms with Crippen LogP contribution in [0.4, 0.5) is 0 Å². The zero-order valence-corrected chi connectivity index (χ0v) is 27.1. The SMILES string of the molecule is C=CC1=C(C)[C@@H](Cc2[nH]c(CC3=C(CCC(=O)O)C(C)[C@]4(N3)NC4=C3NC(=O)[C@H](C)[C@H]3CCS)c(CCC(=O)O)c2C)NC1=O. The van der Waals surface area contributed by atoms with Crippen LogP contribution in [0.25, 0.3) is 0 Å². The van der Waals surface area contributed by atoms with Crippen LogP contribution in [0.15, 0.2) is 46.5 Å². The summed E-state index contributed by atoms with van der Waals surface area (Å²) in [7, 11) is 0. The number of amides is 2. The normalized spacial score (nSPS) is 28.8. The van der Waals surface area contributed by atoms with E-state index >= 15 is 0 Å². The first-order valence-electron chi connectivity index (χ1n) is 15.5. The minimum atomic E-state index is -0.893. The number of H-pyrrole nitrogens is 1. The van der Waals surface area contributed by atoms with Gasteiger partial charge in [0.2, 0.25) is 5.91 Å². The molecule has 12 heteroatoms. The van der Waals surface area contributed by atoms with Crippen molar-refractivity contribution in [1.82, 2.24) is 26.3 Å². The van der Waals surface area contributed by atoms with Gasteiger partial charge >= 0.3 is 11.9 Å². The Labute approximate surface area is 268 Å². The van der Waals surface area contributed by atoms with Crippen molar-refractivity contribution in [3.05, 3.63) is 69.0 Å². The van der Waals surface area contributed by atoms with E-state index in [-0.39, 0.29) is 48.5 Å². The Balaban J connectivity index is 1.49. The van der Waals surface area contributed by atoms with Crippen molar-refractivity contribution in [3.63, 3.8) is 0 Å². The monoisotopic (exact) mass is 637 g/mol. The number of nitrogens with one attached hydrogen (secondary N) is 5. The number of hydrogen-bond acceptors (Lipinski definition) is 7. The van der Waals surface area contributed by atoms with E-state index in [1.165, 1.54) is 0 Å². The second-order valence-corrected chi connectivity index (χ2v) is 13.1. The highest BCUT2D eigenvalue weighted by Crippen LogP contribution is 2.50. The molecular weight excluding hydrogens is 594 g/mol. The van der Waals surface area contributed by atoms with Crippen LogP contribution in [0.1, 0.15) is 69.0 Å². The Morgan fingerprint density at radius 3 is 2.36 bits per heavy atom. The summed E-state index contributed by atoms with van der Waals surface area (Å²) in [6.45, 7) is 11.6. The van der Waals surface area contributed by atoms with Gasteiger partial charge in [-0.25, -0.2) is 0 Å². The summed E-state index contributed by atoms with van der Waals surface area (Å²) in [5, 5.41) is 32.4. The molecule has 2 saturated heterocycles. The van der Waals surface area contributed by atoms with Gasteiger partial charge in [-0.3, -0.25) is 19.2 Å². The third-order valence-electron chi connectivity index (χ3n) is 10.1. The number of allylic oxidation sites excluding steroid dienone is 2. The van der Waals surface area contributed by atoms with Gasteiger partial charge in [-0.1, -0.05) is 26.5 Å². The largest absolute Gasteiger partial charge is 0.481 e. The lowest BCUT2D eigenvalue weighted by Crippen LogP contribution is -2.35. The lowest BCUT2D eigenvalue weighted by atomic mass is 9.88. The van der Waals surface area contributed by atoms with Gasteiger partial charge in [-0.15, -0.1) is 0 Å². The lowest BCUT2D eigenvalue weighted by molar-refractivity contribution is -0.138. The molecule has 0 aromatic carbocycles. The minimum absolute atomic E-state index is 0.0146. The second kappa shape index (κ2) is 12.5. The summed E-state index contributed by atoms with van der Waals surface area (Å²) in [6, 6.07) is -0.208. The molecular formula is C33H43N5O6S. The van der Waals surface area contributed by atoms with Crippen molar-refractivity contribution in [2.24, 2.45) is 17.8 Å². The van der Waals surface area contributed by atoms with Gasteiger partial charge in [-0.2, -0.15) is 12.6 Å². The van der Waals surface area contributed by atoms with Crippen molar-refractivity contribution in [2.45, 2.75) is 84.3 Å². The van der Waals surface area contributed by atoms with Crippen LogP contribution in [0.5, 0.6) is 0 Å². The number of carbonyl (C=O) groups excluding carboxylic acids is 2. The molecule has 2 amide bonds. The molecule has 7 N–H and O–H groups in total. The number of carboxylic acids is 2. The van der Waals surface area contributed by atoms with Crippen LogP contribution in [0.2, 0.25) is 0 Å². The van der Waals surface area contributed by atoms with Gasteiger partial charge in [-0.05, 0) is 61.1 Å². The Hall–Kier alpha value is -3.93. The average molecular weight is 638 g/mol. The molecule has 4 aliphatic rings. The zero-order valence-electron chi connectivity index (χ0n) is 26.2. The lowest BCUT2D eigenvalue weighted by Gasteiger charge is -2.17. The Morgan fingerprint density at radius 2 is 1.73 bits per heavy atom. The first-order valence-corrected chi connectivity index (χ1v) is 16.2. The first-order chi connectivity index (χ1) is 21.3. The summed E-state index contributed by atoms with van der Waals surface area (Å²) in [5.41, 5.74) is 8.18. The van der Waals surface area contributed by atoms with E-state index < -0.39 is 17.6 Å². The molecule has 242 valence electrons. The Kier molecular flexibility index (Phi) is 8.99. The second-order valence-electron chi connectivity index (χ2n) is 12.6. The number of aromatic amines is 1. The highest BCUT2D eigenvalue weighted by atomic mass is 32.1. The van der Waals surface area contributed by atoms with E-state index in [1.807, 2.05) is 20.8 Å². The number of carbonyl (C=O) groups is 4. The standard InChI is InChI=1S/C33H43N5O6S/c1-6-19-15(2)24(35-32(19)44)13-23-16(3)20(7-9-27(39)40)25(34-23)14-26-22(8-10-28(41)42)18(5)33(37-26)30(38-33)29-21(11-12-45)17(4)31(43)36-29/h6,17-18,21,24,34,37-38,45H,1,7-14H2,2-5H3,(H,35,44)(H,36,43)(H,39,40)(H,41,42)/t17-,18?,21-,24-,33+/m1/s1. The summed E-state index contributed by atoms with van der Waals surface area (Å²) >= 11 is 4.42. The van der Waals surface area contributed by atoms with Crippen LogP contribution in [0, 0.1) is 24.7 Å². The van der Waals surface area contributed by atoms with E-state index in [4.69, 9.17) is 0 Å². The molecule has 5 heterocycles. The molecule has 1 aromatic rings. The molecule has 0 saturated carbocycles. The van der Waals surface area contributed by atoms with Gasteiger partial charge in [0, 0.05) is 71.8 Å². The van der Waals surface area contributed by atoms with Crippen LogP contribution in [-0.2, 0) is 38.4 Å². The predicted molar refractivity (Wildman–Crippen MR) is 172 cm³/mol. The van der Waals surface area contributed by atoms with Crippen molar-refractivity contribution in [2.75, 3.05) is 5.75 Å². The Morgan fingerprint density at radius 1 is 1.04 bits per heavy atom. The third-order valence-corrected chi connectivity index (χ3v) is 10.4. The first kappa shape index (κ1) is 32.5. The number of carboxylic acid groups (broad SMARTS) is 2. The number of aliphatic carboxylic acids is 2. The van der Waals surface area contributed by atoms with E-state index in [1.54, 1.807) is 6.08 Å². The smallest absolute Gasteiger partial charge is 0.303 e. The van der Waals surface area contributed by atoms with Gasteiger partial charge in [0.15, 0.2) is 5.66 Å². The van der Waals surface area contributed by atoms with Gasteiger partial charge in [0.25, 0.3) is 5.91 Å². The summed E-state index contributed by atoms with van der Waals surface area (Å²) in [6.07, 6.45) is 3.88. The van der Waals surface area contributed by atoms with Crippen LogP contribution >= 0.6 is 12.6 Å². The predicted octanol–water partition coefficient (Wildman–Crippen LogP) is 3.00. The molecule has 5 rings (SSSR count). The third kappa shape index (κ3) is 5.92. The molecule has 45 heavy (non-hydrogen) atoms. The number of aromatic nitrogens is 1. The molecule has 1 unspecified atom stereocenters. The molecule has 1 aromatic heterocycles.